The summed E-state index contributed by atoms with van der Waals surface area (Å²) in [4.78, 5) is 1.75. The minimum absolute atomic E-state index is 0.0847. The first-order valence-electron chi connectivity index (χ1n) is 17.8. The maximum Gasteiger partial charge on any atom is 0.143 e. The summed E-state index contributed by atoms with van der Waals surface area (Å²) in [6.07, 6.45) is 0. The predicted octanol–water partition coefficient (Wildman–Crippen LogP) is 12.7. The van der Waals surface area contributed by atoms with Crippen LogP contribution >= 0.6 is 0 Å². The molecular formula is C44H29NO. The van der Waals surface area contributed by atoms with Gasteiger partial charge in [0, 0.05) is 33.2 Å². The molecule has 46 heavy (non-hydrogen) atoms. The summed E-state index contributed by atoms with van der Waals surface area (Å²) in [6.45, 7) is 0. The summed E-state index contributed by atoms with van der Waals surface area (Å²) in [7, 11) is 0. The number of nitrogens with zero attached hydrogens (tertiary/aromatic N) is 1. The molecule has 0 atom stereocenters. The van der Waals surface area contributed by atoms with Gasteiger partial charge in [-0.25, -0.2) is 0 Å². The van der Waals surface area contributed by atoms with Crippen molar-refractivity contribution in [3.05, 3.63) is 176 Å². The number of fused-ring (bicyclic) bond motifs is 6. The molecule has 0 spiro atoms. The van der Waals surface area contributed by atoms with Crippen LogP contribution in [0.3, 0.4) is 0 Å². The van der Waals surface area contributed by atoms with Crippen LogP contribution in [-0.4, -0.2) is 0 Å². The number of furan rings is 1. The third-order valence-corrected chi connectivity index (χ3v) is 8.76. The highest BCUT2D eigenvalue weighted by Gasteiger charge is 2.17. The molecule has 0 fully saturated rings. The van der Waals surface area contributed by atoms with Gasteiger partial charge in [0.2, 0.25) is 0 Å². The molecule has 9 rings (SSSR count). The lowest BCUT2D eigenvalue weighted by Gasteiger charge is -2.26. The fourth-order valence-corrected chi connectivity index (χ4v) is 6.61. The molecule has 0 radical (unpaired) electrons. The zero-order valence-corrected chi connectivity index (χ0v) is 24.7. The van der Waals surface area contributed by atoms with Crippen molar-refractivity contribution in [3.8, 4) is 22.3 Å². The first-order valence-corrected chi connectivity index (χ1v) is 15.3. The van der Waals surface area contributed by atoms with Gasteiger partial charge in [-0.05, 0) is 86.9 Å². The molecule has 216 valence electrons. The van der Waals surface area contributed by atoms with Crippen LogP contribution < -0.4 is 4.90 Å². The van der Waals surface area contributed by atoms with Crippen molar-refractivity contribution < 1.29 is 11.3 Å². The summed E-state index contributed by atoms with van der Waals surface area (Å²) in [5, 5.41) is 6.53. The summed E-state index contributed by atoms with van der Waals surface area (Å²) in [5.41, 5.74) is 7.15. The Morgan fingerprint density at radius 2 is 1.02 bits per heavy atom. The van der Waals surface area contributed by atoms with E-state index in [1.807, 2.05) is 91.0 Å². The van der Waals surface area contributed by atoms with Gasteiger partial charge in [0.05, 0.1) is 6.85 Å². The van der Waals surface area contributed by atoms with Gasteiger partial charge >= 0.3 is 0 Å². The Bertz CT molecular complexity index is 2770. The second-order valence-corrected chi connectivity index (χ2v) is 11.4. The second-order valence-electron chi connectivity index (χ2n) is 11.4. The van der Waals surface area contributed by atoms with Gasteiger partial charge in [0.1, 0.15) is 11.2 Å². The van der Waals surface area contributed by atoms with Crippen molar-refractivity contribution in [2.75, 3.05) is 4.90 Å². The molecule has 0 aliphatic carbocycles. The van der Waals surface area contributed by atoms with Gasteiger partial charge in [-0.3, -0.25) is 0 Å². The molecule has 0 bridgehead atoms. The largest absolute Gasteiger partial charge is 0.455 e. The van der Waals surface area contributed by atoms with E-state index in [9.17, 15) is 0 Å². The molecule has 2 nitrogen and oxygen atoms in total. The molecule has 2 heteroatoms. The third kappa shape index (κ3) is 4.35. The zero-order chi connectivity index (χ0) is 34.8. The van der Waals surface area contributed by atoms with Gasteiger partial charge in [-0.1, -0.05) is 127 Å². The quantitative estimate of drug-likeness (QED) is 0.198. The minimum Gasteiger partial charge on any atom is -0.455 e. The molecule has 1 aromatic heterocycles. The lowest BCUT2D eigenvalue weighted by atomic mass is 9.97. The fraction of sp³-hybridized carbons (Fsp3) is 0. The van der Waals surface area contributed by atoms with Crippen LogP contribution in [0.2, 0.25) is 0 Å². The molecule has 0 amide bonds. The first kappa shape index (κ1) is 21.6. The number of benzene rings is 8. The van der Waals surface area contributed by atoms with Gasteiger partial charge in [0.15, 0.2) is 0 Å². The maximum absolute atomic E-state index is 8.89. The molecule has 9 aromatic rings. The van der Waals surface area contributed by atoms with E-state index < -0.39 is 6.04 Å². The monoisotopic (exact) mass is 592 g/mol. The highest BCUT2D eigenvalue weighted by Crippen LogP contribution is 2.41. The Morgan fingerprint density at radius 3 is 1.76 bits per heavy atom. The van der Waals surface area contributed by atoms with E-state index in [0.717, 1.165) is 65.7 Å². The molecule has 0 aliphatic rings. The van der Waals surface area contributed by atoms with Crippen molar-refractivity contribution in [2.24, 2.45) is 0 Å². The number of anilines is 3. The minimum atomic E-state index is -0.427. The third-order valence-electron chi connectivity index (χ3n) is 8.76. The van der Waals surface area contributed by atoms with Crippen LogP contribution in [0.5, 0.6) is 0 Å². The van der Waals surface area contributed by atoms with E-state index in [-0.39, 0.29) is 29.9 Å². The highest BCUT2D eigenvalue weighted by molar-refractivity contribution is 6.19. The van der Waals surface area contributed by atoms with Crippen LogP contribution in [0.15, 0.2) is 180 Å². The Balaban J connectivity index is 1.18. The van der Waals surface area contributed by atoms with E-state index in [0.29, 0.717) is 11.4 Å². The van der Waals surface area contributed by atoms with Crippen LogP contribution in [0.1, 0.15) is 6.85 Å². The fourth-order valence-electron chi connectivity index (χ4n) is 6.61. The smallest absolute Gasteiger partial charge is 0.143 e. The van der Waals surface area contributed by atoms with E-state index >= 15 is 0 Å². The van der Waals surface area contributed by atoms with Crippen molar-refractivity contribution in [1.29, 1.82) is 0 Å². The zero-order valence-electron chi connectivity index (χ0n) is 29.7. The van der Waals surface area contributed by atoms with Crippen LogP contribution in [0, 0.1) is 0 Å². The lowest BCUT2D eigenvalue weighted by Crippen LogP contribution is -2.09. The number of hydrogen-bond donors (Lipinski definition) is 0. The van der Waals surface area contributed by atoms with Crippen molar-refractivity contribution in [2.45, 2.75) is 0 Å². The van der Waals surface area contributed by atoms with E-state index in [4.69, 9.17) is 11.3 Å². The van der Waals surface area contributed by atoms with Gasteiger partial charge in [-0.15, -0.1) is 0 Å². The van der Waals surface area contributed by atoms with E-state index in [1.165, 1.54) is 0 Å². The predicted molar refractivity (Wildman–Crippen MR) is 194 cm³/mol. The SMILES string of the molecule is [2H]c1c([2H])c([2H])c(N(c2ccc(-c3cccc4ccccc34)cc2)c2ccc(-c3cccc4oc5c6ccccc6ccc5c34)cc2)c([2H])c1[2H]. The second kappa shape index (κ2) is 10.8. The molecule has 1 heterocycles. The van der Waals surface area contributed by atoms with Gasteiger partial charge in [0.25, 0.3) is 0 Å². The first-order chi connectivity index (χ1) is 24.9. The number of hydrogen-bond acceptors (Lipinski definition) is 2. The molecule has 0 N–H and O–H groups in total. The molecule has 0 unspecified atom stereocenters. The average molecular weight is 593 g/mol. The standard InChI is InChI=1S/C44H29NO/c1-2-13-34(14-3-1)45(35-25-20-32(21-26-35)38-17-8-12-30-10-4-6-15-37(30)38)36-27-22-33(23-28-36)39-18-9-19-42-43(39)41-29-24-31-11-5-7-16-40(31)44(41)46-42/h1-29H/i1D,2D,3D,13D,14D. The number of para-hydroxylation sites is 1. The Hall–Kier alpha value is -6.12. The van der Waals surface area contributed by atoms with Crippen molar-refractivity contribution >= 4 is 60.5 Å². The molecular weight excluding hydrogens is 558 g/mol. The molecule has 8 aromatic carbocycles. The van der Waals surface area contributed by atoms with Gasteiger partial charge in [-0.2, -0.15) is 0 Å². The van der Waals surface area contributed by atoms with E-state index in [2.05, 4.69) is 54.6 Å². The summed E-state index contributed by atoms with van der Waals surface area (Å²) >= 11 is 0. The van der Waals surface area contributed by atoms with Crippen LogP contribution in [0.4, 0.5) is 17.1 Å². The lowest BCUT2D eigenvalue weighted by molar-refractivity contribution is 0.673. The number of rotatable bonds is 5. The highest BCUT2D eigenvalue weighted by atomic mass is 16.3. The molecule has 0 saturated heterocycles. The Kier molecular flexibility index (Phi) is 5.06. The van der Waals surface area contributed by atoms with Crippen LogP contribution in [0.25, 0.3) is 65.7 Å². The van der Waals surface area contributed by atoms with Crippen LogP contribution in [-0.2, 0) is 0 Å². The summed E-state index contributed by atoms with van der Waals surface area (Å²) in [6, 6.07) is 47.1. The van der Waals surface area contributed by atoms with Crippen molar-refractivity contribution in [1.82, 2.24) is 0 Å². The molecule has 0 aliphatic heterocycles. The normalized spacial score (nSPS) is 13.0. The average Bonchev–Trinajstić information content (AvgIpc) is 3.58. The summed E-state index contributed by atoms with van der Waals surface area (Å²) in [5.74, 6) is 0. The van der Waals surface area contributed by atoms with Gasteiger partial charge < -0.3 is 9.32 Å². The maximum atomic E-state index is 8.89. The van der Waals surface area contributed by atoms with E-state index in [1.54, 1.807) is 4.90 Å². The Labute approximate surface area is 274 Å². The molecule has 0 saturated carbocycles. The summed E-state index contributed by atoms with van der Waals surface area (Å²) < 4.78 is 49.4. The van der Waals surface area contributed by atoms with Crippen molar-refractivity contribution in [3.63, 3.8) is 0 Å². The topological polar surface area (TPSA) is 16.4 Å². The Morgan fingerprint density at radius 1 is 0.435 bits per heavy atom.